The van der Waals surface area contributed by atoms with Crippen LogP contribution in [0.4, 0.5) is 11.5 Å². The normalized spacial score (nSPS) is 10.2. The van der Waals surface area contributed by atoms with Gasteiger partial charge in [-0.2, -0.15) is 5.26 Å². The highest BCUT2D eigenvalue weighted by atomic mass is 16.1. The first-order valence-electron chi connectivity index (χ1n) is 9.15. The van der Waals surface area contributed by atoms with Gasteiger partial charge in [0.2, 0.25) is 0 Å². The fourth-order valence-corrected chi connectivity index (χ4v) is 2.80. The van der Waals surface area contributed by atoms with Crippen LogP contribution in [0.2, 0.25) is 0 Å². The first kappa shape index (κ1) is 19.1. The number of hydrogen-bond donors (Lipinski definition) is 1. The van der Waals surface area contributed by atoms with E-state index in [-0.39, 0.29) is 5.91 Å². The van der Waals surface area contributed by atoms with Crippen LogP contribution in [-0.2, 0) is 0 Å². The molecular formula is C22H21N5O. The maximum atomic E-state index is 12.8. The molecule has 0 aliphatic heterocycles. The number of rotatable bonds is 6. The van der Waals surface area contributed by atoms with E-state index in [9.17, 15) is 4.79 Å². The number of benzene rings is 2. The van der Waals surface area contributed by atoms with Crippen molar-refractivity contribution in [3.05, 3.63) is 71.9 Å². The molecule has 0 fully saturated rings. The first-order valence-corrected chi connectivity index (χ1v) is 9.15. The van der Waals surface area contributed by atoms with Crippen molar-refractivity contribution < 1.29 is 4.79 Å². The van der Waals surface area contributed by atoms with Gasteiger partial charge >= 0.3 is 0 Å². The highest BCUT2D eigenvalue weighted by Crippen LogP contribution is 2.21. The van der Waals surface area contributed by atoms with Crippen molar-refractivity contribution in [1.82, 2.24) is 9.97 Å². The number of anilines is 2. The molecule has 28 heavy (non-hydrogen) atoms. The van der Waals surface area contributed by atoms with E-state index in [4.69, 9.17) is 5.26 Å². The summed E-state index contributed by atoms with van der Waals surface area (Å²) < 4.78 is 0. The molecule has 1 aromatic heterocycles. The summed E-state index contributed by atoms with van der Waals surface area (Å²) in [5.41, 5.74) is 2.28. The summed E-state index contributed by atoms with van der Waals surface area (Å²) in [4.78, 5) is 24.0. The number of nitrogens with zero attached hydrogens (tertiary/aromatic N) is 4. The molecule has 0 aliphatic rings. The maximum Gasteiger partial charge on any atom is 0.274 e. The molecule has 140 valence electrons. The molecule has 0 radical (unpaired) electrons. The van der Waals surface area contributed by atoms with E-state index >= 15 is 0 Å². The van der Waals surface area contributed by atoms with Crippen LogP contribution in [0.1, 0.15) is 29.9 Å². The fourth-order valence-electron chi connectivity index (χ4n) is 2.80. The van der Waals surface area contributed by atoms with Crippen LogP contribution in [0.15, 0.2) is 60.7 Å². The topological polar surface area (TPSA) is 81.9 Å². The van der Waals surface area contributed by atoms with Gasteiger partial charge in [0, 0.05) is 30.4 Å². The minimum absolute atomic E-state index is 0.292. The molecule has 0 saturated carbocycles. The molecule has 6 heteroatoms. The van der Waals surface area contributed by atoms with E-state index < -0.39 is 0 Å². The van der Waals surface area contributed by atoms with Crippen molar-refractivity contribution in [2.75, 3.05) is 23.3 Å². The second-order valence-corrected chi connectivity index (χ2v) is 6.12. The molecular weight excluding hydrogens is 350 g/mol. The molecule has 0 saturated heterocycles. The smallest absolute Gasteiger partial charge is 0.274 e. The number of nitrogens with one attached hydrogen (secondary N) is 1. The zero-order valence-corrected chi connectivity index (χ0v) is 15.9. The van der Waals surface area contributed by atoms with Gasteiger partial charge in [-0.15, -0.1) is 0 Å². The van der Waals surface area contributed by atoms with Crippen LogP contribution in [-0.4, -0.2) is 29.0 Å². The average molecular weight is 371 g/mol. The lowest BCUT2D eigenvalue weighted by Crippen LogP contribution is -2.24. The van der Waals surface area contributed by atoms with E-state index in [1.165, 1.54) is 0 Å². The third-order valence-corrected chi connectivity index (χ3v) is 4.34. The van der Waals surface area contributed by atoms with Gasteiger partial charge in [0.25, 0.3) is 5.91 Å². The van der Waals surface area contributed by atoms with Crippen molar-refractivity contribution in [2.45, 2.75) is 13.8 Å². The lowest BCUT2D eigenvalue weighted by atomic mass is 10.2. The van der Waals surface area contributed by atoms with Crippen molar-refractivity contribution in [2.24, 2.45) is 0 Å². The second kappa shape index (κ2) is 8.78. The van der Waals surface area contributed by atoms with Crippen LogP contribution < -0.4 is 10.2 Å². The third kappa shape index (κ3) is 4.33. The number of amides is 1. The monoisotopic (exact) mass is 371 g/mol. The predicted molar refractivity (Wildman–Crippen MR) is 110 cm³/mol. The molecule has 0 spiro atoms. The Hall–Kier alpha value is -3.72. The van der Waals surface area contributed by atoms with Gasteiger partial charge in [-0.1, -0.05) is 30.3 Å². The number of carbonyl (C=O) groups is 1. The largest absolute Gasteiger partial charge is 0.357 e. The molecule has 0 unspecified atom stereocenters. The summed E-state index contributed by atoms with van der Waals surface area (Å²) in [5.74, 6) is 0.900. The number of hydrogen-bond acceptors (Lipinski definition) is 5. The van der Waals surface area contributed by atoms with Gasteiger partial charge in [-0.05, 0) is 38.1 Å². The van der Waals surface area contributed by atoms with Gasteiger partial charge in [0.15, 0.2) is 5.82 Å². The van der Waals surface area contributed by atoms with Gasteiger partial charge < -0.3 is 10.2 Å². The molecule has 1 N–H and O–H groups in total. The molecule has 0 bridgehead atoms. The third-order valence-electron chi connectivity index (χ3n) is 4.34. The standard InChI is InChI=1S/C22H21N5O/c1-3-27(4-2)20-14-19(25-21(26-20)17-8-6-5-7-9-17)22(28)24-18-12-10-16(15-23)11-13-18/h5-14H,3-4H2,1-2H3,(H,24,28). The van der Waals surface area contributed by atoms with Crippen LogP contribution in [0.5, 0.6) is 0 Å². The van der Waals surface area contributed by atoms with E-state index in [2.05, 4.69) is 26.3 Å². The minimum Gasteiger partial charge on any atom is -0.357 e. The molecule has 3 aromatic rings. The summed E-state index contributed by atoms with van der Waals surface area (Å²) in [7, 11) is 0. The Morgan fingerprint density at radius 2 is 1.71 bits per heavy atom. The fraction of sp³-hybridized carbons (Fsp3) is 0.182. The molecule has 0 aliphatic carbocycles. The summed E-state index contributed by atoms with van der Waals surface area (Å²) in [6.07, 6.45) is 0. The molecule has 0 atom stereocenters. The lowest BCUT2D eigenvalue weighted by Gasteiger charge is -2.21. The second-order valence-electron chi connectivity index (χ2n) is 6.12. The Morgan fingerprint density at radius 3 is 2.32 bits per heavy atom. The minimum atomic E-state index is -0.322. The Morgan fingerprint density at radius 1 is 1.04 bits per heavy atom. The van der Waals surface area contributed by atoms with Crippen LogP contribution in [0, 0.1) is 11.3 Å². The van der Waals surface area contributed by atoms with E-state index in [0.29, 0.717) is 28.6 Å². The molecule has 2 aromatic carbocycles. The highest BCUT2D eigenvalue weighted by Gasteiger charge is 2.16. The van der Waals surface area contributed by atoms with E-state index in [0.717, 1.165) is 18.7 Å². The van der Waals surface area contributed by atoms with Crippen LogP contribution >= 0.6 is 0 Å². The molecule has 1 heterocycles. The highest BCUT2D eigenvalue weighted by molar-refractivity contribution is 6.03. The average Bonchev–Trinajstić information content (AvgIpc) is 2.75. The van der Waals surface area contributed by atoms with Crippen molar-refractivity contribution in [1.29, 1.82) is 5.26 Å². The predicted octanol–water partition coefficient (Wildman–Crippen LogP) is 4.11. The maximum absolute atomic E-state index is 12.8. The number of aromatic nitrogens is 2. The van der Waals surface area contributed by atoms with Crippen molar-refractivity contribution in [3.8, 4) is 17.5 Å². The lowest BCUT2D eigenvalue weighted by molar-refractivity contribution is 0.102. The van der Waals surface area contributed by atoms with E-state index in [1.807, 2.05) is 44.2 Å². The Balaban J connectivity index is 1.97. The summed E-state index contributed by atoms with van der Waals surface area (Å²) in [5, 5.41) is 11.7. The zero-order valence-electron chi connectivity index (χ0n) is 15.9. The Labute approximate surface area is 164 Å². The van der Waals surface area contributed by atoms with Gasteiger partial charge in [0.1, 0.15) is 11.5 Å². The van der Waals surface area contributed by atoms with Gasteiger partial charge in [-0.3, -0.25) is 4.79 Å². The van der Waals surface area contributed by atoms with Gasteiger partial charge in [-0.25, -0.2) is 9.97 Å². The summed E-state index contributed by atoms with van der Waals surface area (Å²) >= 11 is 0. The van der Waals surface area contributed by atoms with Crippen molar-refractivity contribution in [3.63, 3.8) is 0 Å². The Bertz CT molecular complexity index is 990. The van der Waals surface area contributed by atoms with Crippen molar-refractivity contribution >= 4 is 17.4 Å². The summed E-state index contributed by atoms with van der Waals surface area (Å²) in [6.45, 7) is 5.64. The SMILES string of the molecule is CCN(CC)c1cc(C(=O)Nc2ccc(C#N)cc2)nc(-c2ccccc2)n1. The van der Waals surface area contributed by atoms with Crippen LogP contribution in [0.25, 0.3) is 11.4 Å². The summed E-state index contributed by atoms with van der Waals surface area (Å²) in [6, 6.07) is 20.1. The number of nitriles is 1. The molecule has 6 nitrogen and oxygen atoms in total. The van der Waals surface area contributed by atoms with Crippen LogP contribution in [0.3, 0.4) is 0 Å². The Kier molecular flexibility index (Phi) is 5.97. The quantitative estimate of drug-likeness (QED) is 0.705. The molecule has 3 rings (SSSR count). The van der Waals surface area contributed by atoms with Gasteiger partial charge in [0.05, 0.1) is 11.6 Å². The van der Waals surface area contributed by atoms with E-state index in [1.54, 1.807) is 30.3 Å². The number of carbonyl (C=O) groups excluding carboxylic acids is 1. The molecule has 1 amide bonds. The first-order chi connectivity index (χ1) is 13.6. The zero-order chi connectivity index (χ0) is 19.9.